The fourth-order valence-electron chi connectivity index (χ4n) is 1.09. The van der Waals surface area contributed by atoms with Crippen LogP contribution in [0.3, 0.4) is 0 Å². The van der Waals surface area contributed by atoms with E-state index in [0.717, 1.165) is 5.56 Å². The van der Waals surface area contributed by atoms with Gasteiger partial charge in [-0.25, -0.2) is 4.98 Å². The predicted molar refractivity (Wildman–Crippen MR) is 53.3 cm³/mol. The Morgan fingerprint density at radius 1 is 1.21 bits per heavy atom. The summed E-state index contributed by atoms with van der Waals surface area (Å²) in [5.41, 5.74) is 1.12. The second kappa shape index (κ2) is 3.87. The number of nitrogens with zero attached hydrogens (tertiary/aromatic N) is 2. The van der Waals surface area contributed by atoms with Crippen LogP contribution in [-0.4, -0.2) is 9.97 Å². The van der Waals surface area contributed by atoms with Gasteiger partial charge in [0.25, 0.3) is 0 Å². The van der Waals surface area contributed by atoms with Crippen LogP contribution in [0.25, 0.3) is 0 Å². The topological polar surface area (TPSA) is 35.0 Å². The van der Waals surface area contributed by atoms with E-state index in [1.165, 1.54) is 0 Å². The Morgan fingerprint density at radius 2 is 2.14 bits per heavy atom. The average molecular weight is 186 g/mol. The Balaban J connectivity index is 2.19. The molecule has 0 aromatic carbocycles. The largest absolute Gasteiger partial charge is 0.437 e. The zero-order chi connectivity index (χ0) is 9.80. The molecule has 0 aliphatic rings. The smallest absolute Gasteiger partial charge is 0.219 e. The molecule has 2 aromatic rings. The highest BCUT2D eigenvalue weighted by Crippen LogP contribution is 2.17. The van der Waals surface area contributed by atoms with E-state index in [4.69, 9.17) is 4.74 Å². The molecule has 0 spiro atoms. The quantitative estimate of drug-likeness (QED) is 0.723. The van der Waals surface area contributed by atoms with Crippen LogP contribution in [0.5, 0.6) is 11.6 Å². The minimum Gasteiger partial charge on any atom is -0.437 e. The highest BCUT2D eigenvalue weighted by Gasteiger charge is 1.97. The van der Waals surface area contributed by atoms with Gasteiger partial charge in [0.15, 0.2) is 0 Å². The number of pyridine rings is 2. The van der Waals surface area contributed by atoms with E-state index < -0.39 is 0 Å². The lowest BCUT2D eigenvalue weighted by molar-refractivity contribution is 0.460. The Kier molecular flexibility index (Phi) is 2.40. The Bertz CT molecular complexity index is 415. The second-order valence-electron chi connectivity index (χ2n) is 2.96. The van der Waals surface area contributed by atoms with E-state index in [0.29, 0.717) is 11.6 Å². The van der Waals surface area contributed by atoms with Crippen molar-refractivity contribution >= 4 is 0 Å². The lowest BCUT2D eigenvalue weighted by Crippen LogP contribution is -1.88. The van der Waals surface area contributed by atoms with E-state index in [1.807, 2.05) is 31.2 Å². The summed E-state index contributed by atoms with van der Waals surface area (Å²) in [7, 11) is 0. The van der Waals surface area contributed by atoms with Gasteiger partial charge in [-0.05, 0) is 30.7 Å². The van der Waals surface area contributed by atoms with Crippen molar-refractivity contribution in [1.82, 2.24) is 9.97 Å². The van der Waals surface area contributed by atoms with E-state index in [-0.39, 0.29) is 0 Å². The first-order valence-electron chi connectivity index (χ1n) is 4.35. The standard InChI is InChI=1S/C11H10N2O/c1-9-4-6-13-11(7-9)14-10-3-2-5-12-8-10/h2-8H,1H3. The van der Waals surface area contributed by atoms with E-state index in [1.54, 1.807) is 18.6 Å². The molecule has 0 fully saturated rings. The van der Waals surface area contributed by atoms with Gasteiger partial charge in [-0.2, -0.15) is 0 Å². The Morgan fingerprint density at radius 3 is 2.86 bits per heavy atom. The van der Waals surface area contributed by atoms with Gasteiger partial charge in [0.2, 0.25) is 5.88 Å². The molecule has 0 radical (unpaired) electrons. The third kappa shape index (κ3) is 2.07. The van der Waals surface area contributed by atoms with Crippen molar-refractivity contribution in [1.29, 1.82) is 0 Å². The molecule has 3 heteroatoms. The SMILES string of the molecule is Cc1ccnc(Oc2cccnc2)c1. The van der Waals surface area contributed by atoms with Crippen molar-refractivity contribution in [2.75, 3.05) is 0 Å². The molecule has 0 bridgehead atoms. The van der Waals surface area contributed by atoms with Crippen LogP contribution < -0.4 is 4.74 Å². The second-order valence-corrected chi connectivity index (χ2v) is 2.96. The summed E-state index contributed by atoms with van der Waals surface area (Å²) in [4.78, 5) is 8.04. The van der Waals surface area contributed by atoms with Crippen molar-refractivity contribution in [3.63, 3.8) is 0 Å². The number of hydrogen-bond acceptors (Lipinski definition) is 3. The maximum absolute atomic E-state index is 5.49. The molecule has 0 saturated heterocycles. The maximum Gasteiger partial charge on any atom is 0.219 e. The molecular weight excluding hydrogens is 176 g/mol. The number of rotatable bonds is 2. The van der Waals surface area contributed by atoms with Crippen molar-refractivity contribution < 1.29 is 4.74 Å². The van der Waals surface area contributed by atoms with E-state index in [2.05, 4.69) is 9.97 Å². The molecule has 2 aromatic heterocycles. The van der Waals surface area contributed by atoms with Gasteiger partial charge >= 0.3 is 0 Å². The van der Waals surface area contributed by atoms with Crippen LogP contribution in [0.2, 0.25) is 0 Å². The third-order valence-electron chi connectivity index (χ3n) is 1.75. The van der Waals surface area contributed by atoms with Crippen LogP contribution in [0.4, 0.5) is 0 Å². The predicted octanol–water partition coefficient (Wildman–Crippen LogP) is 2.58. The lowest BCUT2D eigenvalue weighted by Gasteiger charge is -2.03. The Hall–Kier alpha value is -1.90. The summed E-state index contributed by atoms with van der Waals surface area (Å²) in [5, 5.41) is 0. The molecule has 0 unspecified atom stereocenters. The Labute approximate surface area is 82.4 Å². The zero-order valence-corrected chi connectivity index (χ0v) is 7.84. The molecule has 0 amide bonds. The average Bonchev–Trinajstić information content (AvgIpc) is 2.19. The van der Waals surface area contributed by atoms with Crippen molar-refractivity contribution in [3.05, 3.63) is 48.4 Å². The first-order chi connectivity index (χ1) is 6.84. The summed E-state index contributed by atoms with van der Waals surface area (Å²) in [6.07, 6.45) is 5.08. The monoisotopic (exact) mass is 186 g/mol. The molecule has 0 N–H and O–H groups in total. The maximum atomic E-state index is 5.49. The minimum atomic E-state index is 0.595. The lowest BCUT2D eigenvalue weighted by atomic mass is 10.3. The van der Waals surface area contributed by atoms with Crippen LogP contribution in [0, 0.1) is 6.92 Å². The molecule has 0 aliphatic heterocycles. The molecule has 2 rings (SSSR count). The normalized spacial score (nSPS) is 9.79. The highest BCUT2D eigenvalue weighted by atomic mass is 16.5. The molecule has 0 aliphatic carbocycles. The fraction of sp³-hybridized carbons (Fsp3) is 0.0909. The van der Waals surface area contributed by atoms with Gasteiger partial charge < -0.3 is 4.74 Å². The number of aryl methyl sites for hydroxylation is 1. The van der Waals surface area contributed by atoms with Crippen LogP contribution in [0.1, 0.15) is 5.56 Å². The number of aromatic nitrogens is 2. The molecule has 70 valence electrons. The molecular formula is C11H10N2O. The minimum absolute atomic E-state index is 0.595. The van der Waals surface area contributed by atoms with Gasteiger partial charge in [0, 0.05) is 18.5 Å². The van der Waals surface area contributed by atoms with Crippen molar-refractivity contribution in [2.24, 2.45) is 0 Å². The van der Waals surface area contributed by atoms with Crippen LogP contribution in [0.15, 0.2) is 42.9 Å². The van der Waals surface area contributed by atoms with Crippen LogP contribution in [-0.2, 0) is 0 Å². The summed E-state index contributed by atoms with van der Waals surface area (Å²) >= 11 is 0. The molecule has 0 atom stereocenters. The third-order valence-corrected chi connectivity index (χ3v) is 1.75. The van der Waals surface area contributed by atoms with Crippen molar-refractivity contribution in [2.45, 2.75) is 6.92 Å². The first-order valence-corrected chi connectivity index (χ1v) is 4.35. The number of ether oxygens (including phenoxy) is 1. The van der Waals surface area contributed by atoms with E-state index in [9.17, 15) is 0 Å². The summed E-state index contributed by atoms with van der Waals surface area (Å²) < 4.78 is 5.49. The van der Waals surface area contributed by atoms with Gasteiger partial charge in [0.1, 0.15) is 5.75 Å². The van der Waals surface area contributed by atoms with Gasteiger partial charge in [-0.1, -0.05) is 0 Å². The van der Waals surface area contributed by atoms with Gasteiger partial charge in [0.05, 0.1) is 6.20 Å². The molecule has 14 heavy (non-hydrogen) atoms. The van der Waals surface area contributed by atoms with Crippen LogP contribution >= 0.6 is 0 Å². The summed E-state index contributed by atoms with van der Waals surface area (Å²) in [5.74, 6) is 1.30. The molecule has 0 saturated carbocycles. The van der Waals surface area contributed by atoms with E-state index >= 15 is 0 Å². The highest BCUT2D eigenvalue weighted by molar-refractivity contribution is 5.25. The zero-order valence-electron chi connectivity index (χ0n) is 7.84. The van der Waals surface area contributed by atoms with Crippen molar-refractivity contribution in [3.8, 4) is 11.6 Å². The summed E-state index contributed by atoms with van der Waals surface area (Å²) in [6, 6.07) is 7.48. The first kappa shape index (κ1) is 8.69. The van der Waals surface area contributed by atoms with Gasteiger partial charge in [-0.15, -0.1) is 0 Å². The summed E-state index contributed by atoms with van der Waals surface area (Å²) in [6.45, 7) is 2.00. The van der Waals surface area contributed by atoms with Gasteiger partial charge in [-0.3, -0.25) is 4.98 Å². The molecule has 2 heterocycles. The number of hydrogen-bond donors (Lipinski definition) is 0. The fourth-order valence-corrected chi connectivity index (χ4v) is 1.09. The molecule has 3 nitrogen and oxygen atoms in total.